The summed E-state index contributed by atoms with van der Waals surface area (Å²) in [6.45, 7) is 6.27. The van der Waals surface area contributed by atoms with E-state index in [2.05, 4.69) is 30.0 Å². The first-order valence-corrected chi connectivity index (χ1v) is 9.66. The van der Waals surface area contributed by atoms with E-state index in [-0.39, 0.29) is 5.63 Å². The maximum Gasteiger partial charge on any atom is 0.336 e. The Kier molecular flexibility index (Phi) is 5.09. The van der Waals surface area contributed by atoms with E-state index >= 15 is 0 Å². The van der Waals surface area contributed by atoms with Crippen molar-refractivity contribution >= 4 is 11.0 Å². The molecule has 0 unspecified atom stereocenters. The molecule has 0 saturated heterocycles. The smallest absolute Gasteiger partial charge is 0.336 e. The molecule has 1 aliphatic rings. The van der Waals surface area contributed by atoms with Crippen molar-refractivity contribution in [3.63, 3.8) is 0 Å². The van der Waals surface area contributed by atoms with E-state index in [9.17, 15) is 4.79 Å². The van der Waals surface area contributed by atoms with Crippen molar-refractivity contribution in [1.29, 1.82) is 0 Å². The van der Waals surface area contributed by atoms with Gasteiger partial charge in [-0.25, -0.2) is 4.79 Å². The third-order valence-corrected chi connectivity index (χ3v) is 5.39. The first-order chi connectivity index (χ1) is 13.6. The Morgan fingerprint density at radius 1 is 1.21 bits per heavy atom. The number of hydrogen-bond acceptors (Lipinski definition) is 5. The van der Waals surface area contributed by atoms with Gasteiger partial charge in [0.25, 0.3) is 0 Å². The molecule has 5 heteroatoms. The lowest BCUT2D eigenvalue weighted by molar-refractivity contribution is 0.0959. The van der Waals surface area contributed by atoms with E-state index < -0.39 is 0 Å². The van der Waals surface area contributed by atoms with E-state index in [1.807, 2.05) is 19.1 Å². The molecule has 0 amide bonds. The van der Waals surface area contributed by atoms with Crippen molar-refractivity contribution in [3.8, 4) is 11.5 Å². The van der Waals surface area contributed by atoms with Crippen LogP contribution in [0.2, 0.25) is 0 Å². The number of methoxy groups -OCH3 is 1. The Balaban J connectivity index is 1.58. The first-order valence-electron chi connectivity index (χ1n) is 9.66. The third-order valence-electron chi connectivity index (χ3n) is 5.39. The van der Waals surface area contributed by atoms with Crippen LogP contribution in [0.5, 0.6) is 11.5 Å². The van der Waals surface area contributed by atoms with Gasteiger partial charge in [0.1, 0.15) is 23.8 Å². The first kappa shape index (κ1) is 18.6. The largest absolute Gasteiger partial charge is 0.497 e. The molecule has 0 atom stereocenters. The maximum atomic E-state index is 11.9. The molecule has 0 aliphatic carbocycles. The molecule has 0 radical (unpaired) electrons. The van der Waals surface area contributed by atoms with Crippen LogP contribution < -0.4 is 15.1 Å². The van der Waals surface area contributed by atoms with Gasteiger partial charge in [0.2, 0.25) is 0 Å². The molecule has 1 aliphatic heterocycles. The number of aryl methyl sites for hydroxylation is 2. The van der Waals surface area contributed by atoms with Gasteiger partial charge in [-0.2, -0.15) is 0 Å². The quantitative estimate of drug-likeness (QED) is 0.626. The molecule has 3 aromatic rings. The molecular formula is C23H25NO4. The van der Waals surface area contributed by atoms with Gasteiger partial charge in [-0.05, 0) is 49.1 Å². The fourth-order valence-electron chi connectivity index (χ4n) is 3.88. The average molecular weight is 379 g/mol. The van der Waals surface area contributed by atoms with Gasteiger partial charge in [-0.3, -0.25) is 4.90 Å². The lowest BCUT2D eigenvalue weighted by Gasteiger charge is -2.30. The van der Waals surface area contributed by atoms with Crippen LogP contribution >= 0.6 is 0 Å². The van der Waals surface area contributed by atoms with Gasteiger partial charge < -0.3 is 13.9 Å². The van der Waals surface area contributed by atoms with Crippen LogP contribution in [0.25, 0.3) is 11.0 Å². The molecule has 146 valence electrons. The molecule has 2 aromatic carbocycles. The Morgan fingerprint density at radius 2 is 2.07 bits per heavy atom. The monoisotopic (exact) mass is 379 g/mol. The van der Waals surface area contributed by atoms with E-state index in [4.69, 9.17) is 13.9 Å². The zero-order valence-electron chi connectivity index (χ0n) is 16.6. The Labute approximate surface area is 164 Å². The lowest BCUT2D eigenvalue weighted by Crippen LogP contribution is -2.34. The average Bonchev–Trinajstić information content (AvgIpc) is 2.72. The fourth-order valence-corrected chi connectivity index (χ4v) is 3.88. The minimum atomic E-state index is -0.303. The second-order valence-corrected chi connectivity index (χ2v) is 7.24. The SMILES string of the molecule is CCc1cc(=O)oc2c(C)c3c(cc12)CN(CCc1cccc(OC)c1)CO3. The van der Waals surface area contributed by atoms with E-state index in [1.165, 1.54) is 5.56 Å². The van der Waals surface area contributed by atoms with Crippen LogP contribution in [0.1, 0.15) is 29.2 Å². The molecule has 4 rings (SSSR count). The highest BCUT2D eigenvalue weighted by Crippen LogP contribution is 2.35. The summed E-state index contributed by atoms with van der Waals surface area (Å²) in [5.74, 6) is 1.73. The predicted octanol–water partition coefficient (Wildman–Crippen LogP) is 4.07. The van der Waals surface area contributed by atoms with Gasteiger partial charge in [0, 0.05) is 35.7 Å². The summed E-state index contributed by atoms with van der Waals surface area (Å²) >= 11 is 0. The van der Waals surface area contributed by atoms with Gasteiger partial charge >= 0.3 is 5.63 Å². The molecule has 0 N–H and O–H groups in total. The van der Waals surface area contributed by atoms with Crippen LogP contribution in [0.3, 0.4) is 0 Å². The Morgan fingerprint density at radius 3 is 2.86 bits per heavy atom. The van der Waals surface area contributed by atoms with Gasteiger partial charge in [-0.15, -0.1) is 0 Å². The van der Waals surface area contributed by atoms with Crippen LogP contribution in [-0.2, 0) is 19.4 Å². The van der Waals surface area contributed by atoms with E-state index in [0.717, 1.165) is 59.5 Å². The predicted molar refractivity (Wildman–Crippen MR) is 109 cm³/mol. The van der Waals surface area contributed by atoms with Crippen molar-refractivity contribution in [2.75, 3.05) is 20.4 Å². The molecule has 5 nitrogen and oxygen atoms in total. The van der Waals surface area contributed by atoms with Crippen LogP contribution in [0.4, 0.5) is 0 Å². The molecule has 28 heavy (non-hydrogen) atoms. The van der Waals surface area contributed by atoms with E-state index in [0.29, 0.717) is 12.3 Å². The molecule has 0 bridgehead atoms. The minimum Gasteiger partial charge on any atom is -0.497 e. The molecule has 0 saturated carbocycles. The summed E-state index contributed by atoms with van der Waals surface area (Å²) in [5, 5.41) is 1.01. The number of hydrogen-bond donors (Lipinski definition) is 0. The number of fused-ring (bicyclic) bond motifs is 2. The number of rotatable bonds is 5. The molecular weight excluding hydrogens is 354 g/mol. The minimum absolute atomic E-state index is 0.303. The zero-order valence-corrected chi connectivity index (χ0v) is 16.6. The van der Waals surface area contributed by atoms with Crippen molar-refractivity contribution < 1.29 is 13.9 Å². The summed E-state index contributed by atoms with van der Waals surface area (Å²) < 4.78 is 16.9. The van der Waals surface area contributed by atoms with E-state index in [1.54, 1.807) is 13.2 Å². The summed E-state index contributed by atoms with van der Waals surface area (Å²) in [5.41, 5.74) is 4.66. The highest BCUT2D eigenvalue weighted by atomic mass is 16.5. The van der Waals surface area contributed by atoms with Gasteiger partial charge in [-0.1, -0.05) is 19.1 Å². The second-order valence-electron chi connectivity index (χ2n) is 7.24. The summed E-state index contributed by atoms with van der Waals surface area (Å²) in [7, 11) is 1.69. The van der Waals surface area contributed by atoms with Crippen molar-refractivity contribution in [3.05, 3.63) is 69.1 Å². The standard InChI is InChI=1S/C23H25NO4/c1-4-17-12-21(25)28-23-15(2)22-18(11-20(17)23)13-24(14-27-22)9-8-16-6-5-7-19(10-16)26-3/h5-7,10-12H,4,8-9,13-14H2,1-3H3. The van der Waals surface area contributed by atoms with Crippen LogP contribution in [-0.4, -0.2) is 25.3 Å². The number of nitrogens with zero attached hydrogens (tertiary/aromatic N) is 1. The summed E-state index contributed by atoms with van der Waals surface area (Å²) in [4.78, 5) is 14.2. The Hall–Kier alpha value is -2.79. The zero-order chi connectivity index (χ0) is 19.7. The van der Waals surface area contributed by atoms with Gasteiger partial charge in [0.05, 0.1) is 7.11 Å². The molecule has 0 spiro atoms. The number of benzene rings is 2. The van der Waals surface area contributed by atoms with Crippen molar-refractivity contribution in [1.82, 2.24) is 4.90 Å². The maximum absolute atomic E-state index is 11.9. The van der Waals surface area contributed by atoms with Crippen molar-refractivity contribution in [2.24, 2.45) is 0 Å². The Bertz CT molecular complexity index is 1070. The van der Waals surface area contributed by atoms with Crippen LogP contribution in [0, 0.1) is 6.92 Å². The third kappa shape index (κ3) is 3.50. The second kappa shape index (κ2) is 7.68. The highest BCUT2D eigenvalue weighted by Gasteiger charge is 2.22. The summed E-state index contributed by atoms with van der Waals surface area (Å²) in [6.07, 6.45) is 1.72. The molecule has 1 aromatic heterocycles. The molecule has 2 heterocycles. The highest BCUT2D eigenvalue weighted by molar-refractivity contribution is 5.86. The fraction of sp³-hybridized carbons (Fsp3) is 0.348. The number of ether oxygens (including phenoxy) is 2. The normalized spacial score (nSPS) is 14.0. The molecule has 0 fully saturated rings. The lowest BCUT2D eigenvalue weighted by atomic mass is 9.99. The van der Waals surface area contributed by atoms with Gasteiger partial charge in [0.15, 0.2) is 0 Å². The van der Waals surface area contributed by atoms with Crippen LogP contribution in [0.15, 0.2) is 45.6 Å². The van der Waals surface area contributed by atoms with Crippen molar-refractivity contribution in [2.45, 2.75) is 33.2 Å². The topological polar surface area (TPSA) is 51.9 Å². The summed E-state index contributed by atoms with van der Waals surface area (Å²) in [6, 6.07) is 11.9.